The number of rotatable bonds is 34. The van der Waals surface area contributed by atoms with Crippen LogP contribution in [0.3, 0.4) is 0 Å². The van der Waals surface area contributed by atoms with Crippen LogP contribution in [0.15, 0.2) is 54.6 Å². The second kappa shape index (κ2) is 54.8. The number of fused-ring (bicyclic) bond motifs is 3. The molecule has 0 aromatic heterocycles. The van der Waals surface area contributed by atoms with Gasteiger partial charge in [-0.1, -0.05) is 18.2 Å². The molecule has 1 radical (unpaired) electrons. The Morgan fingerprint density at radius 3 is 1.05 bits per heavy atom. The Balaban J connectivity index is 0.000000263. The number of nitrogens with zero attached hydrogens (tertiary/aromatic N) is 5. The standard InChI is InChI=1S/C29H41N5O8.C24H33N5O6.C18H20N4O4.C11H21NO5.ClH.2K.Y/c1-29(2,3)42-28(39)30-11-15-40-17-18-41-16-14-33-12-9-19(10-13-33)31-21-6-4-5-20-24(21)27(38)34(26(20)37)22-7-8-23(35)32-25(22)36;25-8-12-34-14-15-35-13-11-28-9-6-16(7-10-28)26-18-3-1-2-17-21(18)24(33)29(23(17)32)19-4-5-20(30)27-22(19)31;23-14-5-4-13(16(24)21-14)22-17(25)11-2-1-3-12(15(11)18(22)26)20-10-6-8-19-9-7-10;1-11(2,3)17-10(14)12-4-6-15-8-9-16-7-5-13;;;;/h4-6,19,22,31H,7-18H2,1-3H3,(H,30,39)(H,32,35,36);1-3,16,19,26H,4-15,25H2,(H,27,30,31);1-3,10,13,19-20H,4-9H2,(H,21,23,24);5H,4,6-9H2,1-3H3,(H,12,14);1H;;;. The van der Waals surface area contributed by atoms with Crippen LogP contribution in [0.5, 0.6) is 0 Å². The number of hydrogen-bond donors (Lipinski definition) is 10. The average molecular weight is 1880 g/mol. The molecule has 3 aromatic rings. The van der Waals surface area contributed by atoms with Gasteiger partial charge in [0.2, 0.25) is 35.4 Å². The van der Waals surface area contributed by atoms with Crippen LogP contribution in [-0.2, 0) is 104 Å². The molecular weight excluding hydrogens is 1770 g/mol. The predicted molar refractivity (Wildman–Crippen MR) is 452 cm³/mol. The number of piperidine rings is 6. The first-order valence-electron chi connectivity index (χ1n) is 42.1. The van der Waals surface area contributed by atoms with Crippen molar-refractivity contribution in [2.75, 3.05) is 167 Å². The van der Waals surface area contributed by atoms with Gasteiger partial charge < -0.3 is 90.1 Å². The number of halogens is 1. The van der Waals surface area contributed by atoms with Crippen LogP contribution < -0.4 is 53.6 Å². The summed E-state index contributed by atoms with van der Waals surface area (Å²) in [6.45, 7) is 24.4. The Hall–Kier alpha value is -5.62. The summed E-state index contributed by atoms with van der Waals surface area (Å²) in [5.74, 6) is -5.94. The Labute approximate surface area is 798 Å². The molecule has 9 aliphatic rings. The van der Waals surface area contributed by atoms with E-state index in [1.165, 1.54) is 63.2 Å². The summed E-state index contributed by atoms with van der Waals surface area (Å²) in [5, 5.41) is 25.4. The zero-order valence-corrected chi connectivity index (χ0v) is 82.1. The first-order valence-corrected chi connectivity index (χ1v) is 58.1. The Kier molecular flexibility index (Phi) is 47.3. The zero-order valence-electron chi connectivity index (χ0n) is 72.2. The Morgan fingerprint density at radius 2 is 0.742 bits per heavy atom. The molecule has 9 aliphatic heterocycles. The quantitative estimate of drug-likeness (QED) is 0.0177. The molecule has 14 amide bonds. The summed E-state index contributed by atoms with van der Waals surface area (Å²) >= 11 is 2.50. The van der Waals surface area contributed by atoms with Gasteiger partial charge in [-0.3, -0.25) is 88.2 Å². The molecule has 669 valence electrons. The molecule has 0 aliphatic carbocycles. The van der Waals surface area contributed by atoms with Crippen LogP contribution in [0.1, 0.15) is 181 Å². The molecule has 42 heteroatoms. The van der Waals surface area contributed by atoms with E-state index in [9.17, 15) is 71.9 Å². The molecule has 124 heavy (non-hydrogen) atoms. The summed E-state index contributed by atoms with van der Waals surface area (Å²) in [5.41, 5.74) is 7.94. The normalized spacial score (nSPS) is 19.4. The van der Waals surface area contributed by atoms with Crippen LogP contribution in [-0.4, -0.2) is 376 Å². The van der Waals surface area contributed by atoms with Gasteiger partial charge in [0.1, 0.15) is 42.2 Å². The fourth-order valence-electron chi connectivity index (χ4n) is 14.7. The number of benzene rings is 3. The maximum absolute atomic E-state index is 13.3. The van der Waals surface area contributed by atoms with Crippen molar-refractivity contribution in [3.63, 3.8) is 0 Å². The molecule has 0 saturated carbocycles. The van der Waals surface area contributed by atoms with Gasteiger partial charge in [-0.25, -0.2) is 9.59 Å². The van der Waals surface area contributed by atoms with E-state index in [1.54, 1.807) is 75.4 Å². The Morgan fingerprint density at radius 1 is 0.435 bits per heavy atom. The number of carbonyl (C=O) groups is 15. The van der Waals surface area contributed by atoms with E-state index in [0.717, 1.165) is 106 Å². The van der Waals surface area contributed by atoms with E-state index in [4.69, 9.17) is 43.6 Å². The first kappa shape index (κ1) is 107. The van der Waals surface area contributed by atoms with Gasteiger partial charge >= 0.3 is 75.3 Å². The van der Waals surface area contributed by atoms with Gasteiger partial charge in [0, 0.05) is 146 Å². The van der Waals surface area contributed by atoms with Crippen molar-refractivity contribution >= 4 is 182 Å². The minimum atomic E-state index is -0.985. The second-order valence-corrected chi connectivity index (χ2v) is 31.7. The maximum atomic E-state index is 13.3. The van der Waals surface area contributed by atoms with Crippen LogP contribution >= 0.6 is 12.4 Å². The second-order valence-electron chi connectivity index (χ2n) is 31.7. The summed E-state index contributed by atoms with van der Waals surface area (Å²) < 4.78 is 42.3. The summed E-state index contributed by atoms with van der Waals surface area (Å²) in [6.07, 6.45) is 5.85. The maximum Gasteiger partial charge on any atom is 0 e. The molecule has 0 bridgehead atoms. The monoisotopic (exact) mass is 1880 g/mol. The van der Waals surface area contributed by atoms with Crippen molar-refractivity contribution in [2.24, 2.45) is 5.73 Å². The van der Waals surface area contributed by atoms with Gasteiger partial charge in [0.25, 0.3) is 35.4 Å². The zero-order chi connectivity index (χ0) is 88.5. The van der Waals surface area contributed by atoms with Gasteiger partial charge in [-0.05, 0) is 149 Å². The topological polar surface area (TPSA) is 480 Å². The SMILES string of the molecule is CC(C)(C)OC(=O)NCCOCCOCC=O.CC(C)(C)OC(=O)NCCOCCOCCN1CCC(Nc2cccc3c2C(=O)N(C2CCC(=O)NC2=O)C3=O)CC1.Cl.NCCOCCOCCN1CCC(Nc2cccc3c2C(=O)N(C2CCC(=O)NC2=O)C3=O)CC1.O=C1CCC(N2C(=O)c3cccc(NC4CCNCC4)c3C2=O)C(=O)N1.[K][K].[Y]. The van der Waals surface area contributed by atoms with Gasteiger partial charge in [-0.15, -0.1) is 12.4 Å². The van der Waals surface area contributed by atoms with Gasteiger partial charge in [0.05, 0.1) is 106 Å². The third kappa shape index (κ3) is 33.1. The van der Waals surface area contributed by atoms with Crippen molar-refractivity contribution in [1.29, 1.82) is 0 Å². The fraction of sp³-hybridized carbons (Fsp3) is 0.598. The summed E-state index contributed by atoms with van der Waals surface area (Å²) in [4.78, 5) is 190. The van der Waals surface area contributed by atoms with E-state index < -0.39 is 101 Å². The largest absolute Gasteiger partial charge is 0 e. The van der Waals surface area contributed by atoms with E-state index in [1.807, 2.05) is 20.8 Å². The number of ether oxygens (including phenoxy) is 8. The minimum Gasteiger partial charge on any atom is 0 e. The Bertz CT molecular complexity index is 4160. The minimum absolute atomic E-state index is 0. The molecule has 11 N–H and O–H groups in total. The third-order valence-electron chi connectivity index (χ3n) is 20.5. The van der Waals surface area contributed by atoms with E-state index in [0.29, 0.717) is 132 Å². The van der Waals surface area contributed by atoms with Crippen LogP contribution in [0.2, 0.25) is 0 Å². The third-order valence-corrected chi connectivity index (χ3v) is 20.5. The number of nitrogens with two attached hydrogens (primary N) is 1. The van der Waals surface area contributed by atoms with Crippen molar-refractivity contribution < 1.29 is 143 Å². The number of amides is 14. The van der Waals surface area contributed by atoms with Crippen LogP contribution in [0, 0.1) is 0 Å². The number of aldehydes is 1. The molecule has 0 spiro atoms. The first-order chi connectivity index (χ1) is 58.5. The molecule has 12 rings (SSSR count). The molecule has 38 nitrogen and oxygen atoms in total. The molecule has 6 fully saturated rings. The predicted octanol–water partition coefficient (Wildman–Crippen LogP) is 2.13. The van der Waals surface area contributed by atoms with Crippen molar-refractivity contribution in [3.8, 4) is 0 Å². The van der Waals surface area contributed by atoms with Gasteiger partial charge in [-0.2, -0.15) is 0 Å². The van der Waals surface area contributed by atoms with E-state index >= 15 is 0 Å². The van der Waals surface area contributed by atoms with Crippen molar-refractivity contribution in [2.45, 2.75) is 166 Å². The van der Waals surface area contributed by atoms with Crippen LogP contribution in [0.4, 0.5) is 26.7 Å². The van der Waals surface area contributed by atoms with Crippen molar-refractivity contribution in [1.82, 2.24) is 56.4 Å². The molecule has 3 aromatic carbocycles. The van der Waals surface area contributed by atoms with Crippen LogP contribution in [0.25, 0.3) is 0 Å². The van der Waals surface area contributed by atoms with Crippen molar-refractivity contribution in [3.05, 3.63) is 88.0 Å². The summed E-state index contributed by atoms with van der Waals surface area (Å²) in [6, 6.07) is 13.0. The number of carbonyl (C=O) groups excluding carboxylic acids is 15. The van der Waals surface area contributed by atoms with E-state index in [-0.39, 0.29) is 137 Å². The number of alkyl carbamates (subject to hydrolysis) is 2. The van der Waals surface area contributed by atoms with Gasteiger partial charge in [0.15, 0.2) is 0 Å². The number of imide groups is 6. The summed E-state index contributed by atoms with van der Waals surface area (Å²) in [7, 11) is 0. The molecule has 3 unspecified atom stereocenters. The van der Waals surface area contributed by atoms with E-state index in [2.05, 4.69) is 57.7 Å². The molecule has 6 saturated heterocycles. The fourth-order valence-corrected chi connectivity index (χ4v) is 14.7. The number of nitrogens with one attached hydrogen (secondary N) is 9. The number of hydrogen-bond acceptors (Lipinski definition) is 30. The average Bonchev–Trinajstić information content (AvgIpc) is 1.61. The molecule has 9 heterocycles. The smallest absolute Gasteiger partial charge is 0 e. The molecular formula is C82H116ClK2N15O23Y. The number of anilines is 3. The number of likely N-dealkylation sites (tertiary alicyclic amines) is 2. The molecule has 3 atom stereocenters.